The lowest BCUT2D eigenvalue weighted by atomic mass is 10.0. The molecule has 0 saturated carbocycles. The molecule has 0 aliphatic heterocycles. The van der Waals surface area contributed by atoms with E-state index in [1.165, 1.54) is 135 Å². The molecule has 0 radical (unpaired) electrons. The minimum Gasteiger partial charge on any atom is -0.462 e. The van der Waals surface area contributed by atoms with Crippen molar-refractivity contribution in [3.63, 3.8) is 0 Å². The molecule has 440 valence electrons. The Morgan fingerprint density at radius 2 is 0.532 bits per heavy atom. The van der Waals surface area contributed by atoms with Crippen LogP contribution in [-0.2, 0) is 28.6 Å². The van der Waals surface area contributed by atoms with Crippen molar-refractivity contribution in [3.05, 3.63) is 109 Å². The standard InChI is InChI=1S/C71H120O6/c1-4-7-10-13-16-19-22-25-27-29-31-33-34-35-36-38-39-41-43-46-49-52-55-58-61-64-70(73)76-67-68(66-75-69(72)63-60-57-54-51-48-45-24-21-18-15-12-9-6-3)77-71(74)65-62-59-56-53-50-47-44-42-40-37-32-30-28-26-23-20-17-14-11-8-5-2/h8,11-12,15,17,20-21,24,26,28-29,31-32,37,42,44,50,53,68H,4-7,9-10,13-14,16,18-19,22-23,25,27,30,33-36,38-41,43,45-49,51-52,54-67H2,1-3H3/b11-8-,15-12-,20-17-,24-21-,28-26-,31-29-,37-32-,44-42-,53-50-. The molecule has 0 aliphatic rings. The topological polar surface area (TPSA) is 78.9 Å². The molecular formula is C71H120O6. The second-order valence-electron chi connectivity index (χ2n) is 21.3. The maximum absolute atomic E-state index is 12.9. The van der Waals surface area contributed by atoms with E-state index in [1.54, 1.807) is 0 Å². The Morgan fingerprint density at radius 3 is 0.883 bits per heavy atom. The van der Waals surface area contributed by atoms with Crippen LogP contribution in [0.2, 0.25) is 0 Å². The zero-order valence-corrected chi connectivity index (χ0v) is 50.4. The molecule has 0 aromatic carbocycles. The Kier molecular flexibility index (Phi) is 61.3. The fourth-order valence-electron chi connectivity index (χ4n) is 8.89. The van der Waals surface area contributed by atoms with Crippen LogP contribution in [0.15, 0.2) is 109 Å². The SMILES string of the molecule is CC/C=C\C/C=C\C/C=C\C/C=C\C/C=C\C/C=C\CCCCC(=O)OC(COC(=O)CCCCCCC/C=C\C/C=C\CCC)COC(=O)CCCCCCCCCCCCCCC/C=C\CCCCCCCCCC. The van der Waals surface area contributed by atoms with Gasteiger partial charge in [0.25, 0.3) is 0 Å². The number of esters is 3. The molecule has 77 heavy (non-hydrogen) atoms. The number of unbranched alkanes of at least 4 members (excludes halogenated alkanes) is 29. The number of rotatable bonds is 58. The van der Waals surface area contributed by atoms with Gasteiger partial charge in [-0.05, 0) is 122 Å². The molecule has 0 heterocycles. The summed E-state index contributed by atoms with van der Waals surface area (Å²) in [7, 11) is 0. The first-order chi connectivity index (χ1) is 38.0. The molecule has 0 amide bonds. The summed E-state index contributed by atoms with van der Waals surface area (Å²) in [6, 6.07) is 0. The third-order valence-corrected chi connectivity index (χ3v) is 13.7. The summed E-state index contributed by atoms with van der Waals surface area (Å²) < 4.78 is 16.9. The van der Waals surface area contributed by atoms with Crippen molar-refractivity contribution in [1.82, 2.24) is 0 Å². The highest BCUT2D eigenvalue weighted by Gasteiger charge is 2.19. The predicted molar refractivity (Wildman–Crippen MR) is 334 cm³/mol. The number of ether oxygens (including phenoxy) is 3. The smallest absolute Gasteiger partial charge is 0.306 e. The van der Waals surface area contributed by atoms with Crippen molar-refractivity contribution < 1.29 is 28.6 Å². The molecule has 0 rings (SSSR count). The largest absolute Gasteiger partial charge is 0.462 e. The average Bonchev–Trinajstić information content (AvgIpc) is 3.43. The highest BCUT2D eigenvalue weighted by molar-refractivity contribution is 5.71. The average molecular weight is 1070 g/mol. The van der Waals surface area contributed by atoms with Crippen molar-refractivity contribution in [3.8, 4) is 0 Å². The predicted octanol–water partition coefficient (Wildman–Crippen LogP) is 22.2. The fraction of sp³-hybridized carbons (Fsp3) is 0.704. The normalized spacial score (nSPS) is 12.8. The number of hydrogen-bond acceptors (Lipinski definition) is 6. The Balaban J connectivity index is 4.38. The highest BCUT2D eigenvalue weighted by atomic mass is 16.6. The van der Waals surface area contributed by atoms with Crippen LogP contribution in [0.25, 0.3) is 0 Å². The summed E-state index contributed by atoms with van der Waals surface area (Å²) in [5, 5.41) is 0. The zero-order chi connectivity index (χ0) is 55.7. The van der Waals surface area contributed by atoms with Crippen LogP contribution in [0.5, 0.6) is 0 Å². The molecule has 0 aromatic heterocycles. The van der Waals surface area contributed by atoms with Crippen molar-refractivity contribution >= 4 is 17.9 Å². The van der Waals surface area contributed by atoms with Gasteiger partial charge in [0.2, 0.25) is 0 Å². The van der Waals surface area contributed by atoms with Crippen LogP contribution >= 0.6 is 0 Å². The monoisotopic (exact) mass is 1070 g/mol. The van der Waals surface area contributed by atoms with Crippen LogP contribution in [0.4, 0.5) is 0 Å². The van der Waals surface area contributed by atoms with Crippen molar-refractivity contribution in [2.24, 2.45) is 0 Å². The first kappa shape index (κ1) is 73.1. The van der Waals surface area contributed by atoms with Crippen LogP contribution in [-0.4, -0.2) is 37.2 Å². The molecule has 0 saturated heterocycles. The quantitative estimate of drug-likeness (QED) is 0.0261. The van der Waals surface area contributed by atoms with Crippen molar-refractivity contribution in [1.29, 1.82) is 0 Å². The maximum atomic E-state index is 12.9. The zero-order valence-electron chi connectivity index (χ0n) is 50.4. The molecule has 0 aliphatic carbocycles. The third kappa shape index (κ3) is 62.8. The minimum absolute atomic E-state index is 0.101. The summed E-state index contributed by atoms with van der Waals surface area (Å²) in [5.41, 5.74) is 0. The molecule has 1 unspecified atom stereocenters. The summed E-state index contributed by atoms with van der Waals surface area (Å²) in [6.07, 6.45) is 88.2. The second kappa shape index (κ2) is 64.6. The minimum atomic E-state index is -0.810. The Hall–Kier alpha value is -3.93. The summed E-state index contributed by atoms with van der Waals surface area (Å²) in [6.45, 7) is 6.43. The third-order valence-electron chi connectivity index (χ3n) is 13.7. The van der Waals surface area contributed by atoms with Gasteiger partial charge in [-0.2, -0.15) is 0 Å². The van der Waals surface area contributed by atoms with E-state index in [2.05, 4.69) is 130 Å². The second-order valence-corrected chi connectivity index (χ2v) is 21.3. The van der Waals surface area contributed by atoms with Gasteiger partial charge in [-0.1, -0.05) is 271 Å². The van der Waals surface area contributed by atoms with E-state index in [1.807, 2.05) is 0 Å². The fourth-order valence-corrected chi connectivity index (χ4v) is 8.89. The number of carbonyl (C=O) groups excluding carboxylic acids is 3. The highest BCUT2D eigenvalue weighted by Crippen LogP contribution is 2.16. The Morgan fingerprint density at radius 1 is 0.273 bits per heavy atom. The van der Waals surface area contributed by atoms with E-state index >= 15 is 0 Å². The van der Waals surface area contributed by atoms with E-state index < -0.39 is 6.10 Å². The van der Waals surface area contributed by atoms with E-state index in [0.29, 0.717) is 19.3 Å². The van der Waals surface area contributed by atoms with Crippen LogP contribution < -0.4 is 0 Å². The molecule has 0 fully saturated rings. The maximum Gasteiger partial charge on any atom is 0.306 e. The van der Waals surface area contributed by atoms with Gasteiger partial charge in [0.1, 0.15) is 13.2 Å². The Bertz CT molecular complexity index is 1560. The first-order valence-corrected chi connectivity index (χ1v) is 32.4. The lowest BCUT2D eigenvalue weighted by Gasteiger charge is -2.18. The molecule has 0 spiro atoms. The molecule has 0 aromatic rings. The van der Waals surface area contributed by atoms with Crippen LogP contribution in [0, 0.1) is 0 Å². The van der Waals surface area contributed by atoms with Crippen molar-refractivity contribution in [2.75, 3.05) is 13.2 Å². The van der Waals surface area contributed by atoms with Gasteiger partial charge < -0.3 is 14.2 Å². The summed E-state index contributed by atoms with van der Waals surface area (Å²) >= 11 is 0. The van der Waals surface area contributed by atoms with Crippen LogP contribution in [0.3, 0.4) is 0 Å². The van der Waals surface area contributed by atoms with Gasteiger partial charge in [-0.25, -0.2) is 0 Å². The summed E-state index contributed by atoms with van der Waals surface area (Å²) in [4.78, 5) is 38.3. The molecule has 1 atom stereocenters. The van der Waals surface area contributed by atoms with Gasteiger partial charge in [-0.3, -0.25) is 14.4 Å². The number of carbonyl (C=O) groups is 3. The van der Waals surface area contributed by atoms with E-state index in [-0.39, 0.29) is 37.5 Å². The van der Waals surface area contributed by atoms with Gasteiger partial charge in [0.15, 0.2) is 6.10 Å². The van der Waals surface area contributed by atoms with E-state index in [0.717, 1.165) is 122 Å². The van der Waals surface area contributed by atoms with Gasteiger partial charge in [0.05, 0.1) is 0 Å². The molecule has 0 bridgehead atoms. The van der Waals surface area contributed by atoms with Crippen molar-refractivity contribution in [2.45, 2.75) is 309 Å². The first-order valence-electron chi connectivity index (χ1n) is 32.4. The van der Waals surface area contributed by atoms with Gasteiger partial charge in [0, 0.05) is 19.3 Å². The molecular weight excluding hydrogens is 949 g/mol. The number of allylic oxidation sites excluding steroid dienone is 18. The molecule has 6 heteroatoms. The molecule has 6 nitrogen and oxygen atoms in total. The van der Waals surface area contributed by atoms with Gasteiger partial charge in [-0.15, -0.1) is 0 Å². The molecule has 0 N–H and O–H groups in total. The number of hydrogen-bond donors (Lipinski definition) is 0. The summed E-state index contributed by atoms with van der Waals surface area (Å²) in [5.74, 6) is -0.953. The Labute approximate surface area is 476 Å². The van der Waals surface area contributed by atoms with E-state index in [9.17, 15) is 14.4 Å². The lowest BCUT2D eigenvalue weighted by Crippen LogP contribution is -2.30. The van der Waals surface area contributed by atoms with Crippen LogP contribution in [0.1, 0.15) is 303 Å². The lowest BCUT2D eigenvalue weighted by molar-refractivity contribution is -0.167. The van der Waals surface area contributed by atoms with E-state index in [4.69, 9.17) is 14.2 Å². The van der Waals surface area contributed by atoms with Gasteiger partial charge >= 0.3 is 17.9 Å².